The molecule has 1 rings (SSSR count). The third-order valence-electron chi connectivity index (χ3n) is 3.34. The molecule has 152 valence electrons. The maximum absolute atomic E-state index is 12.4. The molecule has 0 bridgehead atoms. The van der Waals surface area contributed by atoms with Crippen molar-refractivity contribution < 1.29 is 23.5 Å². The summed E-state index contributed by atoms with van der Waals surface area (Å²) in [6.07, 6.45) is 1.27. The standard InChI is InChI=1S/C18H30N4O5/c1-6-26-16(23)8-20-18(25)22(9-13(4)5)10-15-21-14(11-27-15)17(24)19-7-12(2)3/h11-13H,6-10H2,1-5H3,(H,19,24)(H,20,25). The van der Waals surface area contributed by atoms with E-state index in [0.717, 1.165) is 0 Å². The summed E-state index contributed by atoms with van der Waals surface area (Å²) in [4.78, 5) is 41.4. The largest absolute Gasteiger partial charge is 0.465 e. The van der Waals surface area contributed by atoms with Gasteiger partial charge in [-0.25, -0.2) is 9.78 Å². The number of hydrogen-bond acceptors (Lipinski definition) is 6. The Balaban J connectivity index is 2.69. The number of nitrogens with one attached hydrogen (secondary N) is 2. The van der Waals surface area contributed by atoms with E-state index in [4.69, 9.17) is 9.15 Å². The molecule has 0 aliphatic rings. The average molecular weight is 382 g/mol. The van der Waals surface area contributed by atoms with Crippen LogP contribution < -0.4 is 10.6 Å². The Bertz CT molecular complexity index is 627. The molecule has 0 unspecified atom stereocenters. The number of carbonyl (C=O) groups is 3. The smallest absolute Gasteiger partial charge is 0.325 e. The summed E-state index contributed by atoms with van der Waals surface area (Å²) in [7, 11) is 0. The second-order valence-electron chi connectivity index (χ2n) is 6.97. The number of ether oxygens (including phenoxy) is 1. The highest BCUT2D eigenvalue weighted by atomic mass is 16.5. The fourth-order valence-corrected chi connectivity index (χ4v) is 2.17. The van der Waals surface area contributed by atoms with Crippen LogP contribution in [0.5, 0.6) is 0 Å². The van der Waals surface area contributed by atoms with Crippen molar-refractivity contribution in [2.45, 2.75) is 41.2 Å². The fourth-order valence-electron chi connectivity index (χ4n) is 2.17. The lowest BCUT2D eigenvalue weighted by molar-refractivity contribution is -0.141. The molecular formula is C18H30N4O5. The molecule has 9 nitrogen and oxygen atoms in total. The lowest BCUT2D eigenvalue weighted by Gasteiger charge is -2.23. The van der Waals surface area contributed by atoms with Gasteiger partial charge in [-0.3, -0.25) is 9.59 Å². The van der Waals surface area contributed by atoms with E-state index in [1.54, 1.807) is 6.92 Å². The summed E-state index contributed by atoms with van der Waals surface area (Å²) >= 11 is 0. The van der Waals surface area contributed by atoms with Gasteiger partial charge in [-0.1, -0.05) is 27.7 Å². The van der Waals surface area contributed by atoms with Crippen molar-refractivity contribution in [3.05, 3.63) is 17.8 Å². The molecule has 3 amide bonds. The first-order valence-corrected chi connectivity index (χ1v) is 9.13. The van der Waals surface area contributed by atoms with Crippen LogP contribution in [0.3, 0.4) is 0 Å². The highest BCUT2D eigenvalue weighted by Gasteiger charge is 2.20. The number of rotatable bonds is 10. The Morgan fingerprint density at radius 3 is 2.48 bits per heavy atom. The lowest BCUT2D eigenvalue weighted by atomic mass is 10.2. The van der Waals surface area contributed by atoms with E-state index in [1.165, 1.54) is 11.2 Å². The molecule has 0 radical (unpaired) electrons. The molecule has 0 aliphatic carbocycles. The van der Waals surface area contributed by atoms with Gasteiger partial charge in [-0.15, -0.1) is 0 Å². The molecular weight excluding hydrogens is 352 g/mol. The number of amides is 3. The van der Waals surface area contributed by atoms with Gasteiger partial charge in [-0.05, 0) is 18.8 Å². The Morgan fingerprint density at radius 2 is 1.89 bits per heavy atom. The van der Waals surface area contributed by atoms with Crippen LogP contribution in [-0.2, 0) is 16.1 Å². The molecule has 2 N–H and O–H groups in total. The molecule has 0 spiro atoms. The molecule has 0 saturated heterocycles. The predicted molar refractivity (Wildman–Crippen MR) is 99.0 cm³/mol. The zero-order chi connectivity index (χ0) is 20.4. The maximum Gasteiger partial charge on any atom is 0.325 e. The summed E-state index contributed by atoms with van der Waals surface area (Å²) in [6.45, 7) is 10.7. The van der Waals surface area contributed by atoms with Crippen LogP contribution >= 0.6 is 0 Å². The fraction of sp³-hybridized carbons (Fsp3) is 0.667. The summed E-state index contributed by atoms with van der Waals surface area (Å²) in [5.74, 6) is -0.0554. The molecule has 1 heterocycles. The summed E-state index contributed by atoms with van der Waals surface area (Å²) in [5.41, 5.74) is 0.169. The second-order valence-corrected chi connectivity index (χ2v) is 6.97. The van der Waals surface area contributed by atoms with Crippen LogP contribution in [0.2, 0.25) is 0 Å². The van der Waals surface area contributed by atoms with E-state index < -0.39 is 12.0 Å². The van der Waals surface area contributed by atoms with Gasteiger partial charge < -0.3 is 24.7 Å². The van der Waals surface area contributed by atoms with Gasteiger partial charge in [0.1, 0.15) is 12.8 Å². The zero-order valence-electron chi connectivity index (χ0n) is 16.7. The second kappa shape index (κ2) is 11.2. The third-order valence-corrected chi connectivity index (χ3v) is 3.34. The average Bonchev–Trinajstić information content (AvgIpc) is 3.05. The summed E-state index contributed by atoms with van der Waals surface area (Å²) < 4.78 is 10.1. The van der Waals surface area contributed by atoms with Crippen molar-refractivity contribution in [2.24, 2.45) is 11.8 Å². The molecule has 1 aromatic rings. The number of esters is 1. The topological polar surface area (TPSA) is 114 Å². The molecule has 0 aromatic carbocycles. The number of aromatic nitrogens is 1. The van der Waals surface area contributed by atoms with E-state index in [-0.39, 0.29) is 43.1 Å². The predicted octanol–water partition coefficient (Wildman–Crippen LogP) is 1.79. The van der Waals surface area contributed by atoms with Crippen molar-refractivity contribution in [3.63, 3.8) is 0 Å². The van der Waals surface area contributed by atoms with Crippen LogP contribution in [0.4, 0.5) is 4.79 Å². The lowest BCUT2D eigenvalue weighted by Crippen LogP contribution is -2.43. The normalized spacial score (nSPS) is 10.8. The minimum Gasteiger partial charge on any atom is -0.465 e. The van der Waals surface area contributed by atoms with Gasteiger partial charge in [0.15, 0.2) is 5.69 Å². The Kier molecular flexibility index (Phi) is 9.32. The molecule has 1 aromatic heterocycles. The van der Waals surface area contributed by atoms with Crippen molar-refractivity contribution in [2.75, 3.05) is 26.2 Å². The van der Waals surface area contributed by atoms with E-state index >= 15 is 0 Å². The monoisotopic (exact) mass is 382 g/mol. The van der Waals surface area contributed by atoms with Crippen molar-refractivity contribution in [3.8, 4) is 0 Å². The van der Waals surface area contributed by atoms with Crippen LogP contribution in [0.25, 0.3) is 0 Å². The Labute approximate surface area is 159 Å². The maximum atomic E-state index is 12.4. The number of oxazole rings is 1. The Hall–Kier alpha value is -2.58. The quantitative estimate of drug-likeness (QED) is 0.597. The Morgan fingerprint density at radius 1 is 1.19 bits per heavy atom. The van der Waals surface area contributed by atoms with Gasteiger partial charge in [0.2, 0.25) is 5.89 Å². The van der Waals surface area contributed by atoms with Gasteiger partial charge >= 0.3 is 12.0 Å². The van der Waals surface area contributed by atoms with Crippen molar-refractivity contribution in [1.82, 2.24) is 20.5 Å². The summed E-state index contributed by atoms with van der Waals surface area (Å²) in [6, 6.07) is -0.430. The van der Waals surface area contributed by atoms with Crippen LogP contribution in [0, 0.1) is 11.8 Å². The highest BCUT2D eigenvalue weighted by Crippen LogP contribution is 2.09. The first-order valence-electron chi connectivity index (χ1n) is 9.13. The summed E-state index contributed by atoms with van der Waals surface area (Å²) in [5, 5.41) is 5.28. The first kappa shape index (κ1) is 22.5. The number of nitrogens with zero attached hydrogens (tertiary/aromatic N) is 2. The van der Waals surface area contributed by atoms with Gasteiger partial charge in [0, 0.05) is 13.1 Å². The SMILES string of the molecule is CCOC(=O)CNC(=O)N(Cc1nc(C(=O)NCC(C)C)co1)CC(C)C. The van der Waals surface area contributed by atoms with E-state index in [1.807, 2.05) is 27.7 Å². The van der Waals surface area contributed by atoms with Crippen LogP contribution in [-0.4, -0.2) is 54.0 Å². The van der Waals surface area contributed by atoms with Crippen LogP contribution in [0.15, 0.2) is 10.7 Å². The molecule has 9 heteroatoms. The molecule has 0 saturated carbocycles. The molecule has 0 atom stereocenters. The number of urea groups is 1. The minimum atomic E-state index is -0.504. The van der Waals surface area contributed by atoms with Crippen molar-refractivity contribution >= 4 is 17.9 Å². The van der Waals surface area contributed by atoms with E-state index in [0.29, 0.717) is 19.0 Å². The number of hydrogen-bond donors (Lipinski definition) is 2. The van der Waals surface area contributed by atoms with Gasteiger partial charge in [0.05, 0.1) is 13.2 Å². The molecule has 0 aliphatic heterocycles. The van der Waals surface area contributed by atoms with E-state index in [9.17, 15) is 14.4 Å². The zero-order valence-corrected chi connectivity index (χ0v) is 16.7. The third kappa shape index (κ3) is 8.57. The van der Waals surface area contributed by atoms with Crippen LogP contribution in [0.1, 0.15) is 51.0 Å². The van der Waals surface area contributed by atoms with Gasteiger partial charge in [0.25, 0.3) is 5.91 Å². The minimum absolute atomic E-state index is 0.0876. The van der Waals surface area contributed by atoms with Crippen molar-refractivity contribution in [1.29, 1.82) is 0 Å². The van der Waals surface area contributed by atoms with Gasteiger partial charge in [-0.2, -0.15) is 0 Å². The first-order chi connectivity index (χ1) is 12.7. The number of carbonyl (C=O) groups excluding carboxylic acids is 3. The molecule has 27 heavy (non-hydrogen) atoms. The van der Waals surface area contributed by atoms with E-state index in [2.05, 4.69) is 15.6 Å². The highest BCUT2D eigenvalue weighted by molar-refractivity contribution is 5.91. The molecule has 0 fully saturated rings.